The molecule has 0 N–H and O–H groups in total. The van der Waals surface area contributed by atoms with Crippen LogP contribution in [0.2, 0.25) is 0 Å². The van der Waals surface area contributed by atoms with E-state index in [2.05, 4.69) is 0 Å². The Kier molecular flexibility index (Phi) is 7.37. The van der Waals surface area contributed by atoms with E-state index in [4.69, 9.17) is 0 Å². The van der Waals surface area contributed by atoms with Crippen LogP contribution < -0.4 is 4.31 Å². The highest BCUT2D eigenvalue weighted by atomic mass is 32.2. The van der Waals surface area contributed by atoms with Crippen molar-refractivity contribution in [1.29, 1.82) is 0 Å². The number of hydrogen-bond donors (Lipinski definition) is 0. The summed E-state index contributed by atoms with van der Waals surface area (Å²) < 4.78 is 27.5. The summed E-state index contributed by atoms with van der Waals surface area (Å²) in [5.41, 5.74) is -0.964. The van der Waals surface area contributed by atoms with Gasteiger partial charge in [-0.1, -0.05) is 43.7 Å². The Morgan fingerprint density at radius 2 is 1.44 bits per heavy atom. The number of carbonyl (C=O) groups excluding carboxylic acids is 1. The summed E-state index contributed by atoms with van der Waals surface area (Å²) in [5.74, 6) is -1.16. The molecule has 34 heavy (non-hydrogen) atoms. The van der Waals surface area contributed by atoms with Crippen molar-refractivity contribution in [2.24, 2.45) is 0 Å². The zero-order valence-corrected chi connectivity index (χ0v) is 19.0. The normalized spacial score (nSPS) is 11.1. The standard InChI is InChI=1S/C23H21N3O7S/c1-2-3-7-17-10-12-19(13-11-17)24(34(32,33)22-8-5-4-6-9-22)23(27)18-14-20(25(28)29)16-21(15-18)26(30)31/h4-6,8-16H,2-3,7H2,1H3. The van der Waals surface area contributed by atoms with Gasteiger partial charge in [-0.05, 0) is 42.7 Å². The van der Waals surface area contributed by atoms with Crippen LogP contribution in [0.15, 0.2) is 77.7 Å². The van der Waals surface area contributed by atoms with Gasteiger partial charge >= 0.3 is 0 Å². The van der Waals surface area contributed by atoms with Gasteiger partial charge in [0.25, 0.3) is 27.3 Å². The Morgan fingerprint density at radius 1 is 0.882 bits per heavy atom. The lowest BCUT2D eigenvalue weighted by Crippen LogP contribution is -2.37. The molecule has 0 fully saturated rings. The summed E-state index contributed by atoms with van der Waals surface area (Å²) in [6, 6.07) is 15.9. The molecule has 11 heteroatoms. The summed E-state index contributed by atoms with van der Waals surface area (Å²) in [6.45, 7) is 2.04. The number of aryl methyl sites for hydroxylation is 1. The minimum Gasteiger partial charge on any atom is -0.268 e. The largest absolute Gasteiger partial charge is 0.277 e. The van der Waals surface area contributed by atoms with Crippen LogP contribution in [0.3, 0.4) is 0 Å². The minimum absolute atomic E-state index is 0.00302. The molecule has 0 aliphatic rings. The van der Waals surface area contributed by atoms with Crippen molar-refractivity contribution >= 4 is 33.0 Å². The van der Waals surface area contributed by atoms with Gasteiger partial charge in [-0.2, -0.15) is 4.31 Å². The first-order valence-corrected chi connectivity index (χ1v) is 11.8. The van der Waals surface area contributed by atoms with Crippen molar-refractivity contribution in [2.45, 2.75) is 31.1 Å². The summed E-state index contributed by atoms with van der Waals surface area (Å²) in [5, 5.41) is 22.5. The van der Waals surface area contributed by atoms with Gasteiger partial charge in [0.05, 0.1) is 32.1 Å². The molecule has 0 heterocycles. The van der Waals surface area contributed by atoms with Crippen LogP contribution in [-0.4, -0.2) is 24.2 Å². The molecule has 176 valence electrons. The fourth-order valence-corrected chi connectivity index (χ4v) is 4.72. The molecule has 0 radical (unpaired) electrons. The third-order valence-corrected chi connectivity index (χ3v) is 6.75. The monoisotopic (exact) mass is 483 g/mol. The molecular formula is C23H21N3O7S. The molecule has 0 saturated carbocycles. The molecule has 0 aliphatic heterocycles. The number of nitro groups is 2. The van der Waals surface area contributed by atoms with Crippen LogP contribution in [0.1, 0.15) is 35.7 Å². The molecule has 0 aromatic heterocycles. The number of non-ortho nitro benzene ring substituents is 2. The van der Waals surface area contributed by atoms with E-state index < -0.39 is 42.7 Å². The fourth-order valence-electron chi connectivity index (χ4n) is 3.29. The van der Waals surface area contributed by atoms with E-state index in [-0.39, 0.29) is 10.6 Å². The summed E-state index contributed by atoms with van der Waals surface area (Å²) in [6.07, 6.45) is 2.68. The highest BCUT2D eigenvalue weighted by Crippen LogP contribution is 2.29. The SMILES string of the molecule is CCCCc1ccc(N(C(=O)c2cc([N+](=O)[O-])cc([N+](=O)[O-])c2)S(=O)(=O)c2ccccc2)cc1. The lowest BCUT2D eigenvalue weighted by Gasteiger charge is -2.23. The number of nitrogens with zero attached hydrogens (tertiary/aromatic N) is 3. The molecule has 3 rings (SSSR count). The van der Waals surface area contributed by atoms with Gasteiger partial charge in [0.15, 0.2) is 0 Å². The predicted molar refractivity (Wildman–Crippen MR) is 125 cm³/mol. The van der Waals surface area contributed by atoms with E-state index in [1.165, 1.54) is 36.4 Å². The summed E-state index contributed by atoms with van der Waals surface area (Å²) in [4.78, 5) is 34.1. The molecule has 0 saturated heterocycles. The number of benzene rings is 3. The number of carbonyl (C=O) groups is 1. The minimum atomic E-state index is -4.45. The number of sulfonamides is 1. The first-order chi connectivity index (χ1) is 16.1. The summed E-state index contributed by atoms with van der Waals surface area (Å²) >= 11 is 0. The van der Waals surface area contributed by atoms with Crippen molar-refractivity contribution in [2.75, 3.05) is 4.31 Å². The fraction of sp³-hybridized carbons (Fsp3) is 0.174. The Balaban J connectivity index is 2.17. The average molecular weight is 484 g/mol. The van der Waals surface area contributed by atoms with Crippen LogP contribution >= 0.6 is 0 Å². The second-order valence-electron chi connectivity index (χ2n) is 7.41. The zero-order valence-electron chi connectivity index (χ0n) is 18.2. The summed E-state index contributed by atoms with van der Waals surface area (Å²) in [7, 11) is -4.45. The maximum atomic E-state index is 13.5. The Hall–Kier alpha value is -4.12. The van der Waals surface area contributed by atoms with Crippen LogP contribution in [0, 0.1) is 20.2 Å². The van der Waals surface area contributed by atoms with Crippen molar-refractivity contribution < 1.29 is 23.1 Å². The number of unbranched alkanes of at least 4 members (excludes halogenated alkanes) is 1. The molecule has 3 aromatic carbocycles. The van der Waals surface area contributed by atoms with Crippen molar-refractivity contribution in [3.05, 3.63) is 104 Å². The van der Waals surface area contributed by atoms with Gasteiger partial charge in [-0.15, -0.1) is 0 Å². The molecule has 1 amide bonds. The third kappa shape index (κ3) is 5.26. The number of nitro benzene ring substituents is 2. The molecule has 0 aliphatic carbocycles. The average Bonchev–Trinajstić information content (AvgIpc) is 2.83. The highest BCUT2D eigenvalue weighted by Gasteiger charge is 2.33. The second-order valence-corrected chi connectivity index (χ2v) is 9.20. The maximum Gasteiger partial charge on any atom is 0.277 e. The molecule has 3 aromatic rings. The van der Waals surface area contributed by atoms with Crippen LogP contribution in [0.5, 0.6) is 0 Å². The highest BCUT2D eigenvalue weighted by molar-refractivity contribution is 7.93. The van der Waals surface area contributed by atoms with Gasteiger partial charge in [0.2, 0.25) is 0 Å². The quantitative estimate of drug-likeness (QED) is 0.312. The van der Waals surface area contributed by atoms with Crippen molar-refractivity contribution in [3.63, 3.8) is 0 Å². The lowest BCUT2D eigenvalue weighted by atomic mass is 10.1. The van der Waals surface area contributed by atoms with E-state index >= 15 is 0 Å². The second kappa shape index (κ2) is 10.2. The van der Waals surface area contributed by atoms with Crippen molar-refractivity contribution in [3.8, 4) is 0 Å². The molecule has 0 atom stereocenters. The first kappa shape index (κ1) is 24.5. The van der Waals surface area contributed by atoms with Crippen molar-refractivity contribution in [1.82, 2.24) is 0 Å². The number of amides is 1. The van der Waals surface area contributed by atoms with E-state index in [9.17, 15) is 33.4 Å². The third-order valence-electron chi connectivity index (χ3n) is 5.03. The molecule has 0 unspecified atom stereocenters. The van der Waals surface area contributed by atoms with E-state index in [1.807, 2.05) is 6.92 Å². The van der Waals surface area contributed by atoms with E-state index in [0.29, 0.717) is 10.4 Å². The van der Waals surface area contributed by atoms with Gasteiger partial charge in [-0.25, -0.2) is 8.42 Å². The van der Waals surface area contributed by atoms with Crippen LogP contribution in [0.4, 0.5) is 17.1 Å². The molecule has 0 bridgehead atoms. The van der Waals surface area contributed by atoms with Gasteiger partial charge in [-0.3, -0.25) is 25.0 Å². The number of rotatable bonds is 9. The first-order valence-electron chi connectivity index (χ1n) is 10.3. The van der Waals surface area contributed by atoms with Gasteiger partial charge in [0, 0.05) is 12.1 Å². The van der Waals surface area contributed by atoms with Crippen LogP contribution in [0.25, 0.3) is 0 Å². The zero-order chi connectivity index (χ0) is 24.9. The van der Waals surface area contributed by atoms with Gasteiger partial charge < -0.3 is 0 Å². The van der Waals surface area contributed by atoms with E-state index in [1.54, 1.807) is 18.2 Å². The van der Waals surface area contributed by atoms with E-state index in [0.717, 1.165) is 37.0 Å². The molecule has 0 spiro atoms. The van der Waals surface area contributed by atoms with Crippen LogP contribution in [-0.2, 0) is 16.4 Å². The molecular weight excluding hydrogens is 462 g/mol. The molecule has 10 nitrogen and oxygen atoms in total. The number of anilines is 1. The Bertz CT molecular complexity index is 1290. The smallest absolute Gasteiger partial charge is 0.268 e. The predicted octanol–water partition coefficient (Wildman–Crippen LogP) is 4.88. The number of hydrogen-bond acceptors (Lipinski definition) is 7. The van der Waals surface area contributed by atoms with Gasteiger partial charge in [0.1, 0.15) is 0 Å². The maximum absolute atomic E-state index is 13.5. The lowest BCUT2D eigenvalue weighted by molar-refractivity contribution is -0.394. The Morgan fingerprint density at radius 3 is 1.94 bits per heavy atom. The Labute approximate surface area is 195 Å². The topological polar surface area (TPSA) is 141 Å².